The van der Waals surface area contributed by atoms with Crippen molar-refractivity contribution in [3.8, 4) is 0 Å². The molecule has 0 aromatic heterocycles. The summed E-state index contributed by atoms with van der Waals surface area (Å²) >= 11 is 0. The second-order valence-corrected chi connectivity index (χ2v) is 9.44. The second kappa shape index (κ2) is 31.1. The van der Waals surface area contributed by atoms with Gasteiger partial charge in [0.1, 0.15) is 6.10 Å². The van der Waals surface area contributed by atoms with Crippen LogP contribution in [0.25, 0.3) is 0 Å². The highest BCUT2D eigenvalue weighted by molar-refractivity contribution is 5.69. The first-order valence-electron chi connectivity index (χ1n) is 14.9. The Morgan fingerprint density at radius 2 is 1.20 bits per heavy atom. The number of carbonyl (C=O) groups is 1. The minimum absolute atomic E-state index is 0.129. The Balaban J connectivity index is 0. The van der Waals surface area contributed by atoms with Crippen LogP contribution in [0.15, 0.2) is 11.6 Å². The largest absolute Gasteiger partial charge is 0.460 e. The first kappa shape index (κ1) is 36.2. The van der Waals surface area contributed by atoms with Gasteiger partial charge in [-0.1, -0.05) is 122 Å². The van der Waals surface area contributed by atoms with Crippen LogP contribution in [-0.4, -0.2) is 35.7 Å². The van der Waals surface area contributed by atoms with Crippen molar-refractivity contribution in [2.75, 3.05) is 13.2 Å². The topological polar surface area (TPSA) is 76.0 Å². The van der Waals surface area contributed by atoms with E-state index in [1.807, 2.05) is 20.8 Å². The Labute approximate surface area is 218 Å². The summed E-state index contributed by atoms with van der Waals surface area (Å²) in [6.45, 7) is 8.52. The molecule has 0 heterocycles. The van der Waals surface area contributed by atoms with Gasteiger partial charge in [-0.3, -0.25) is 10.1 Å². The standard InChI is InChI=1S/C28H54O5.C2H6/c1-3-5-6-7-8-9-10-11-12-13-14-15-19-22-28(30)33-27(25-29)24-26(4-2)21-18-16-17-20-23-32-31;1-2/h4,27,29,31H,3,5-25H2,1-2H3;1-2H3/b26-4-;. The van der Waals surface area contributed by atoms with Gasteiger partial charge in [-0.2, -0.15) is 0 Å². The summed E-state index contributed by atoms with van der Waals surface area (Å²) in [7, 11) is 0. The van der Waals surface area contributed by atoms with E-state index >= 15 is 0 Å². The Kier molecular flexibility index (Phi) is 32.2. The van der Waals surface area contributed by atoms with Gasteiger partial charge < -0.3 is 9.84 Å². The molecule has 210 valence electrons. The number of aliphatic hydroxyl groups excluding tert-OH is 1. The van der Waals surface area contributed by atoms with Crippen LogP contribution in [0.2, 0.25) is 0 Å². The molecule has 0 radical (unpaired) electrons. The van der Waals surface area contributed by atoms with Gasteiger partial charge in [0.25, 0.3) is 0 Å². The summed E-state index contributed by atoms with van der Waals surface area (Å²) in [4.78, 5) is 16.2. The SMILES string of the molecule is C/C=C(/CCCCCCOO)CC(CO)OC(=O)CCCCCCCCCCCCCCC.CC. The number of rotatable bonds is 25. The number of hydrogen-bond acceptors (Lipinski definition) is 5. The lowest BCUT2D eigenvalue weighted by Crippen LogP contribution is -2.22. The van der Waals surface area contributed by atoms with E-state index in [4.69, 9.17) is 9.99 Å². The van der Waals surface area contributed by atoms with Gasteiger partial charge in [0.15, 0.2) is 0 Å². The maximum absolute atomic E-state index is 12.2. The summed E-state index contributed by atoms with van der Waals surface area (Å²) in [6.07, 6.45) is 24.4. The third-order valence-corrected chi connectivity index (χ3v) is 6.37. The molecule has 2 N–H and O–H groups in total. The highest BCUT2D eigenvalue weighted by Gasteiger charge is 2.15. The number of esters is 1. The van der Waals surface area contributed by atoms with E-state index < -0.39 is 6.10 Å². The molecular formula is C30H60O5. The van der Waals surface area contributed by atoms with E-state index in [9.17, 15) is 9.90 Å². The Morgan fingerprint density at radius 3 is 1.66 bits per heavy atom. The van der Waals surface area contributed by atoms with Crippen LogP contribution < -0.4 is 0 Å². The molecule has 1 atom stereocenters. The maximum atomic E-state index is 12.2. The quantitative estimate of drug-likeness (QED) is 0.0429. The van der Waals surface area contributed by atoms with Crippen molar-refractivity contribution in [3.63, 3.8) is 0 Å². The summed E-state index contributed by atoms with van der Waals surface area (Å²) in [5.74, 6) is -0.184. The highest BCUT2D eigenvalue weighted by Crippen LogP contribution is 2.18. The third kappa shape index (κ3) is 27.5. The fourth-order valence-electron chi connectivity index (χ4n) is 4.20. The smallest absolute Gasteiger partial charge is 0.306 e. The zero-order valence-electron chi connectivity index (χ0n) is 23.8. The van der Waals surface area contributed by atoms with Gasteiger partial charge >= 0.3 is 5.97 Å². The number of carbonyl (C=O) groups excluding carboxylic acids is 1. The number of aliphatic hydroxyl groups is 1. The normalized spacial score (nSPS) is 12.2. The summed E-state index contributed by atoms with van der Waals surface area (Å²) in [5, 5.41) is 18.0. The average Bonchev–Trinajstić information content (AvgIpc) is 2.88. The number of hydrogen-bond donors (Lipinski definition) is 2. The molecule has 0 bridgehead atoms. The fraction of sp³-hybridized carbons (Fsp3) is 0.900. The predicted octanol–water partition coefficient (Wildman–Crippen LogP) is 9.17. The van der Waals surface area contributed by atoms with Crippen molar-refractivity contribution in [3.05, 3.63) is 11.6 Å². The average molecular weight is 501 g/mol. The van der Waals surface area contributed by atoms with E-state index in [-0.39, 0.29) is 12.6 Å². The first-order valence-corrected chi connectivity index (χ1v) is 14.9. The van der Waals surface area contributed by atoms with Crippen LogP contribution in [0.3, 0.4) is 0 Å². The van der Waals surface area contributed by atoms with Crippen LogP contribution in [0.4, 0.5) is 0 Å². The van der Waals surface area contributed by atoms with Gasteiger partial charge in [-0.15, -0.1) is 0 Å². The molecule has 0 rings (SSSR count). The van der Waals surface area contributed by atoms with Crippen molar-refractivity contribution in [2.24, 2.45) is 0 Å². The minimum atomic E-state index is -0.437. The van der Waals surface area contributed by atoms with Gasteiger partial charge in [0.2, 0.25) is 0 Å². The molecule has 35 heavy (non-hydrogen) atoms. The summed E-state index contributed by atoms with van der Waals surface area (Å²) < 4.78 is 5.52. The van der Waals surface area contributed by atoms with Crippen molar-refractivity contribution < 1.29 is 24.8 Å². The highest BCUT2D eigenvalue weighted by atomic mass is 17.1. The monoisotopic (exact) mass is 500 g/mol. The molecule has 5 heteroatoms. The first-order chi connectivity index (χ1) is 17.2. The van der Waals surface area contributed by atoms with Gasteiger partial charge in [0.05, 0.1) is 13.2 Å². The molecular weight excluding hydrogens is 440 g/mol. The lowest BCUT2D eigenvalue weighted by molar-refractivity contribution is -0.242. The summed E-state index contributed by atoms with van der Waals surface area (Å²) in [5.41, 5.74) is 1.22. The van der Waals surface area contributed by atoms with E-state index in [1.54, 1.807) is 0 Å². The lowest BCUT2D eigenvalue weighted by Gasteiger charge is -2.17. The van der Waals surface area contributed by atoms with E-state index in [1.165, 1.54) is 76.2 Å². The van der Waals surface area contributed by atoms with Crippen LogP contribution >= 0.6 is 0 Å². The molecule has 1 unspecified atom stereocenters. The maximum Gasteiger partial charge on any atom is 0.306 e. The Bertz CT molecular complexity index is 450. The zero-order valence-corrected chi connectivity index (χ0v) is 23.8. The van der Waals surface area contributed by atoms with Crippen LogP contribution in [0.1, 0.15) is 156 Å². The molecule has 0 amide bonds. The molecule has 0 saturated carbocycles. The van der Waals surface area contributed by atoms with E-state index in [0.717, 1.165) is 44.9 Å². The number of unbranched alkanes of at least 4 members (excludes halogenated alkanes) is 15. The van der Waals surface area contributed by atoms with E-state index in [2.05, 4.69) is 17.9 Å². The van der Waals surface area contributed by atoms with Crippen LogP contribution in [-0.2, 0) is 14.4 Å². The summed E-state index contributed by atoms with van der Waals surface area (Å²) in [6, 6.07) is 0. The molecule has 0 aliphatic heterocycles. The van der Waals surface area contributed by atoms with Crippen molar-refractivity contribution in [1.82, 2.24) is 0 Å². The van der Waals surface area contributed by atoms with Gasteiger partial charge in [-0.05, 0) is 32.6 Å². The molecule has 0 aliphatic rings. The van der Waals surface area contributed by atoms with Gasteiger partial charge in [0, 0.05) is 12.8 Å². The van der Waals surface area contributed by atoms with Gasteiger partial charge in [-0.25, -0.2) is 4.89 Å². The minimum Gasteiger partial charge on any atom is -0.460 e. The van der Waals surface area contributed by atoms with Crippen LogP contribution in [0, 0.1) is 0 Å². The molecule has 0 fully saturated rings. The lowest BCUT2D eigenvalue weighted by atomic mass is 10.0. The molecule has 0 aromatic rings. The van der Waals surface area contributed by atoms with Crippen LogP contribution in [0.5, 0.6) is 0 Å². The second-order valence-electron chi connectivity index (χ2n) is 9.44. The molecule has 0 saturated heterocycles. The van der Waals surface area contributed by atoms with Crippen molar-refractivity contribution in [1.29, 1.82) is 0 Å². The third-order valence-electron chi connectivity index (χ3n) is 6.37. The number of allylic oxidation sites excluding steroid dienone is 1. The fourth-order valence-corrected chi connectivity index (χ4v) is 4.20. The van der Waals surface area contributed by atoms with Crippen molar-refractivity contribution >= 4 is 5.97 Å². The van der Waals surface area contributed by atoms with E-state index in [0.29, 0.717) is 19.4 Å². The predicted molar refractivity (Wildman–Crippen MR) is 149 cm³/mol. The van der Waals surface area contributed by atoms with Crippen molar-refractivity contribution in [2.45, 2.75) is 162 Å². The molecule has 0 spiro atoms. The molecule has 0 aliphatic carbocycles. The molecule has 0 aromatic carbocycles. The Hall–Kier alpha value is -0.910. The number of ether oxygens (including phenoxy) is 1. The molecule has 5 nitrogen and oxygen atoms in total. The Morgan fingerprint density at radius 1 is 0.743 bits per heavy atom. The zero-order chi connectivity index (χ0) is 26.4.